The van der Waals surface area contributed by atoms with Gasteiger partial charge >= 0.3 is 0 Å². The van der Waals surface area contributed by atoms with Crippen LogP contribution in [0.5, 0.6) is 0 Å². The smallest absolute Gasteiger partial charge is 0.145 e. The second kappa shape index (κ2) is 1.87. The van der Waals surface area contributed by atoms with Gasteiger partial charge in [-0.25, -0.2) is 0 Å². The van der Waals surface area contributed by atoms with Crippen LogP contribution < -0.4 is 0 Å². The van der Waals surface area contributed by atoms with Gasteiger partial charge in [-0.05, 0) is 26.7 Å². The minimum atomic E-state index is 0.325. The predicted molar refractivity (Wildman–Crippen MR) is 42.6 cm³/mol. The molecule has 0 N–H and O–H groups in total. The highest BCUT2D eigenvalue weighted by atomic mass is 16.5. The Balaban J connectivity index is 2.45. The molecule has 0 aromatic carbocycles. The first-order chi connectivity index (χ1) is 5.13. The third-order valence-electron chi connectivity index (χ3n) is 2.71. The molecular weight excluding hydrogens is 138 g/mol. The minimum Gasteiger partial charge on any atom is -0.360 e. The zero-order chi connectivity index (χ0) is 8.06. The topological polar surface area (TPSA) is 26.0 Å². The first-order valence-corrected chi connectivity index (χ1v) is 4.07. The van der Waals surface area contributed by atoms with E-state index in [4.69, 9.17) is 4.52 Å². The Hall–Kier alpha value is -0.790. The molecule has 1 heterocycles. The third kappa shape index (κ3) is 0.889. The van der Waals surface area contributed by atoms with Crippen molar-refractivity contribution in [2.75, 3.05) is 0 Å². The van der Waals surface area contributed by atoms with Gasteiger partial charge in [0.1, 0.15) is 5.76 Å². The van der Waals surface area contributed by atoms with Crippen molar-refractivity contribution in [3.63, 3.8) is 0 Å². The minimum absolute atomic E-state index is 0.325. The average molecular weight is 151 g/mol. The van der Waals surface area contributed by atoms with Crippen LogP contribution in [0.25, 0.3) is 0 Å². The lowest BCUT2D eigenvalue weighted by atomic mass is 10.0. The molecule has 1 fully saturated rings. The number of aryl methyl sites for hydroxylation is 1. The van der Waals surface area contributed by atoms with E-state index in [0.717, 1.165) is 11.5 Å². The fraction of sp³-hybridized carbons (Fsp3) is 0.667. The van der Waals surface area contributed by atoms with Crippen LogP contribution in [0.4, 0.5) is 0 Å². The molecule has 1 aromatic heterocycles. The van der Waals surface area contributed by atoms with E-state index in [1.54, 1.807) is 0 Å². The predicted octanol–water partition coefficient (Wildman–Crippen LogP) is 2.34. The molecule has 0 atom stereocenters. The second-order valence-corrected chi connectivity index (χ2v) is 3.78. The van der Waals surface area contributed by atoms with Crippen molar-refractivity contribution in [1.29, 1.82) is 0 Å². The van der Waals surface area contributed by atoms with E-state index in [2.05, 4.69) is 19.0 Å². The van der Waals surface area contributed by atoms with E-state index in [0.29, 0.717) is 5.41 Å². The summed E-state index contributed by atoms with van der Waals surface area (Å²) in [7, 11) is 0. The van der Waals surface area contributed by atoms with Crippen molar-refractivity contribution in [3.8, 4) is 0 Å². The van der Waals surface area contributed by atoms with Crippen molar-refractivity contribution in [2.24, 2.45) is 0 Å². The van der Waals surface area contributed by atoms with Crippen molar-refractivity contribution in [1.82, 2.24) is 5.16 Å². The Morgan fingerprint density at radius 3 is 2.36 bits per heavy atom. The molecule has 0 aliphatic heterocycles. The average Bonchev–Trinajstić information content (AvgIpc) is 2.60. The van der Waals surface area contributed by atoms with Crippen LogP contribution in [-0.4, -0.2) is 5.16 Å². The lowest BCUT2D eigenvalue weighted by molar-refractivity contribution is 0.355. The van der Waals surface area contributed by atoms with Gasteiger partial charge in [0.25, 0.3) is 0 Å². The quantitative estimate of drug-likeness (QED) is 0.615. The van der Waals surface area contributed by atoms with Gasteiger partial charge in [-0.15, -0.1) is 0 Å². The van der Waals surface area contributed by atoms with E-state index in [-0.39, 0.29) is 0 Å². The highest BCUT2D eigenvalue weighted by molar-refractivity contribution is 5.30. The summed E-state index contributed by atoms with van der Waals surface area (Å²) in [5.74, 6) is 1.11. The highest BCUT2D eigenvalue weighted by Crippen LogP contribution is 2.48. The van der Waals surface area contributed by atoms with Crippen LogP contribution in [0.1, 0.15) is 36.8 Å². The molecule has 1 aliphatic carbocycles. The monoisotopic (exact) mass is 151 g/mol. The van der Waals surface area contributed by atoms with Crippen LogP contribution in [0, 0.1) is 13.8 Å². The summed E-state index contributed by atoms with van der Waals surface area (Å²) in [6, 6.07) is 0. The normalized spacial score (nSPS) is 20.3. The molecule has 1 saturated carbocycles. The first kappa shape index (κ1) is 6.89. The van der Waals surface area contributed by atoms with Gasteiger partial charge < -0.3 is 4.52 Å². The van der Waals surface area contributed by atoms with Crippen LogP contribution in [0.2, 0.25) is 0 Å². The van der Waals surface area contributed by atoms with Gasteiger partial charge in [-0.3, -0.25) is 0 Å². The van der Waals surface area contributed by atoms with E-state index < -0.39 is 0 Å². The van der Waals surface area contributed by atoms with E-state index in [9.17, 15) is 0 Å². The standard InChI is InChI=1S/C9H13NO/c1-6-7(2)10-11-8(6)9(3)4-5-9/h4-5H2,1-3H3. The van der Waals surface area contributed by atoms with Crippen LogP contribution >= 0.6 is 0 Å². The number of hydrogen-bond acceptors (Lipinski definition) is 2. The maximum Gasteiger partial charge on any atom is 0.145 e. The Labute approximate surface area is 66.6 Å². The van der Waals surface area contributed by atoms with E-state index in [1.165, 1.54) is 18.4 Å². The largest absolute Gasteiger partial charge is 0.360 e. The SMILES string of the molecule is Cc1noc(C2(C)CC2)c1C. The van der Waals surface area contributed by atoms with Gasteiger partial charge in [0.15, 0.2) is 0 Å². The lowest BCUT2D eigenvalue weighted by Gasteiger charge is -2.02. The Morgan fingerprint density at radius 2 is 2.00 bits per heavy atom. The molecule has 0 spiro atoms. The highest BCUT2D eigenvalue weighted by Gasteiger charge is 2.44. The summed E-state index contributed by atoms with van der Waals surface area (Å²) in [5, 5.41) is 3.95. The molecule has 60 valence electrons. The van der Waals surface area contributed by atoms with Gasteiger partial charge in [0.05, 0.1) is 5.69 Å². The molecule has 0 radical (unpaired) electrons. The molecule has 1 aliphatic rings. The fourth-order valence-corrected chi connectivity index (χ4v) is 1.39. The molecule has 0 unspecified atom stereocenters. The van der Waals surface area contributed by atoms with Crippen molar-refractivity contribution in [2.45, 2.75) is 39.0 Å². The van der Waals surface area contributed by atoms with Gasteiger partial charge in [0.2, 0.25) is 0 Å². The first-order valence-electron chi connectivity index (χ1n) is 4.07. The van der Waals surface area contributed by atoms with E-state index in [1.807, 2.05) is 6.92 Å². The van der Waals surface area contributed by atoms with Crippen molar-refractivity contribution in [3.05, 3.63) is 17.0 Å². The maximum atomic E-state index is 5.27. The van der Waals surface area contributed by atoms with Crippen LogP contribution in [0.15, 0.2) is 4.52 Å². The van der Waals surface area contributed by atoms with Crippen LogP contribution in [-0.2, 0) is 5.41 Å². The summed E-state index contributed by atoms with van der Waals surface area (Å²) in [6.07, 6.45) is 2.50. The molecule has 11 heavy (non-hydrogen) atoms. The fourth-order valence-electron chi connectivity index (χ4n) is 1.39. The van der Waals surface area contributed by atoms with Crippen molar-refractivity contribution >= 4 is 0 Å². The summed E-state index contributed by atoms with van der Waals surface area (Å²) >= 11 is 0. The Kier molecular flexibility index (Phi) is 1.17. The summed E-state index contributed by atoms with van der Waals surface area (Å²) in [4.78, 5) is 0. The zero-order valence-corrected chi connectivity index (χ0v) is 7.27. The molecule has 0 bridgehead atoms. The third-order valence-corrected chi connectivity index (χ3v) is 2.71. The molecule has 0 saturated heterocycles. The molecule has 2 rings (SSSR count). The maximum absolute atomic E-state index is 5.27. The van der Waals surface area contributed by atoms with E-state index >= 15 is 0 Å². The number of hydrogen-bond donors (Lipinski definition) is 0. The Bertz CT molecular complexity index is 284. The zero-order valence-electron chi connectivity index (χ0n) is 7.27. The number of nitrogens with zero attached hydrogens (tertiary/aromatic N) is 1. The molecule has 2 heteroatoms. The molecule has 1 aromatic rings. The molecular formula is C9H13NO. The number of aromatic nitrogens is 1. The van der Waals surface area contributed by atoms with Crippen molar-refractivity contribution < 1.29 is 4.52 Å². The summed E-state index contributed by atoms with van der Waals surface area (Å²) in [6.45, 7) is 6.32. The van der Waals surface area contributed by atoms with Gasteiger partial charge in [-0.1, -0.05) is 12.1 Å². The van der Waals surface area contributed by atoms with Crippen LogP contribution in [0.3, 0.4) is 0 Å². The number of rotatable bonds is 1. The molecule has 2 nitrogen and oxygen atoms in total. The van der Waals surface area contributed by atoms with Gasteiger partial charge in [0, 0.05) is 11.0 Å². The summed E-state index contributed by atoms with van der Waals surface area (Å²) in [5.41, 5.74) is 2.60. The summed E-state index contributed by atoms with van der Waals surface area (Å²) < 4.78 is 5.27. The second-order valence-electron chi connectivity index (χ2n) is 3.78. The Morgan fingerprint density at radius 1 is 1.36 bits per heavy atom. The van der Waals surface area contributed by atoms with Gasteiger partial charge in [-0.2, -0.15) is 0 Å². The lowest BCUT2D eigenvalue weighted by Crippen LogP contribution is -1.99. The molecule has 0 amide bonds.